The van der Waals surface area contributed by atoms with E-state index in [1.165, 1.54) is 0 Å². The molecule has 0 spiro atoms. The third kappa shape index (κ3) is 5.43. The number of tetrazole rings is 1. The molecular formula is C34H33N7O. The molecule has 0 unspecified atom stereocenters. The lowest BCUT2D eigenvalue weighted by atomic mass is 9.98. The van der Waals surface area contributed by atoms with Gasteiger partial charge in [-0.25, -0.2) is 4.98 Å². The molecule has 2 N–H and O–H groups in total. The van der Waals surface area contributed by atoms with Crippen LogP contribution in [0.4, 0.5) is 0 Å². The number of H-pyrrole nitrogens is 1. The number of hydrogen-bond donors (Lipinski definition) is 2. The molecule has 0 aliphatic heterocycles. The van der Waals surface area contributed by atoms with E-state index in [9.17, 15) is 4.79 Å². The molecule has 1 amide bonds. The van der Waals surface area contributed by atoms with Crippen LogP contribution in [0.25, 0.3) is 33.5 Å². The molecule has 2 heterocycles. The molecule has 210 valence electrons. The van der Waals surface area contributed by atoms with E-state index in [2.05, 4.69) is 67.8 Å². The van der Waals surface area contributed by atoms with Gasteiger partial charge in [-0.15, -0.1) is 10.2 Å². The van der Waals surface area contributed by atoms with Crippen molar-refractivity contribution in [3.05, 3.63) is 119 Å². The first-order chi connectivity index (χ1) is 20.5. The second-order valence-corrected chi connectivity index (χ2v) is 10.6. The van der Waals surface area contributed by atoms with E-state index in [0.717, 1.165) is 63.1 Å². The van der Waals surface area contributed by atoms with Crippen molar-refractivity contribution >= 4 is 16.9 Å². The molecule has 1 atom stereocenters. The standard InChI is InChI=1S/C34H33N7O/c1-4-10-31-36-32-22(2)19-27(34(42)35-23(3)25-11-6-5-7-12-25)20-30(32)41(31)21-24-15-17-26(18-16-24)28-13-8-9-14-29(28)33-37-39-40-38-33/h5-9,11-20,23H,4,10,21H2,1-3H3,(H,35,42)(H,37,38,39,40)/t23-/m1/s1. The lowest BCUT2D eigenvalue weighted by molar-refractivity contribution is 0.0940. The van der Waals surface area contributed by atoms with Crippen molar-refractivity contribution in [2.24, 2.45) is 0 Å². The largest absolute Gasteiger partial charge is 0.346 e. The lowest BCUT2D eigenvalue weighted by Crippen LogP contribution is -2.26. The maximum atomic E-state index is 13.4. The summed E-state index contributed by atoms with van der Waals surface area (Å²) in [6.07, 6.45) is 1.84. The molecule has 0 aliphatic carbocycles. The van der Waals surface area contributed by atoms with Crippen molar-refractivity contribution in [1.82, 2.24) is 35.5 Å². The summed E-state index contributed by atoms with van der Waals surface area (Å²) in [7, 11) is 0. The number of nitrogens with one attached hydrogen (secondary N) is 2. The first-order valence-electron chi connectivity index (χ1n) is 14.3. The molecule has 0 aliphatic rings. The number of aromatic amines is 1. The molecule has 2 aromatic heterocycles. The van der Waals surface area contributed by atoms with Crippen molar-refractivity contribution in [3.63, 3.8) is 0 Å². The fourth-order valence-corrected chi connectivity index (χ4v) is 5.45. The number of imidazole rings is 1. The molecular weight excluding hydrogens is 522 g/mol. The van der Waals surface area contributed by atoms with E-state index in [1.807, 2.05) is 74.5 Å². The maximum absolute atomic E-state index is 13.4. The Morgan fingerprint density at radius 3 is 2.40 bits per heavy atom. The zero-order valence-corrected chi connectivity index (χ0v) is 24.0. The minimum absolute atomic E-state index is 0.0919. The predicted molar refractivity (Wildman–Crippen MR) is 165 cm³/mol. The SMILES string of the molecule is CCCc1nc2c(C)cc(C(=O)N[C@H](C)c3ccccc3)cc2n1Cc1ccc(-c2ccccc2-c2nn[nH]n2)cc1. The van der Waals surface area contributed by atoms with E-state index in [1.54, 1.807) is 0 Å². The third-order valence-electron chi connectivity index (χ3n) is 7.63. The highest BCUT2D eigenvalue weighted by Crippen LogP contribution is 2.30. The number of hydrogen-bond acceptors (Lipinski definition) is 5. The zero-order chi connectivity index (χ0) is 29.1. The van der Waals surface area contributed by atoms with Gasteiger partial charge in [0.25, 0.3) is 5.91 Å². The van der Waals surface area contributed by atoms with Crippen LogP contribution in [0.2, 0.25) is 0 Å². The summed E-state index contributed by atoms with van der Waals surface area (Å²) in [6, 6.07) is 30.4. The van der Waals surface area contributed by atoms with Crippen LogP contribution >= 0.6 is 0 Å². The summed E-state index contributed by atoms with van der Waals surface area (Å²) in [4.78, 5) is 18.4. The lowest BCUT2D eigenvalue weighted by Gasteiger charge is -2.15. The third-order valence-corrected chi connectivity index (χ3v) is 7.63. The number of aromatic nitrogens is 6. The maximum Gasteiger partial charge on any atom is 0.251 e. The monoisotopic (exact) mass is 555 g/mol. The van der Waals surface area contributed by atoms with Gasteiger partial charge in [-0.3, -0.25) is 4.79 Å². The molecule has 0 saturated carbocycles. The summed E-state index contributed by atoms with van der Waals surface area (Å²) >= 11 is 0. The van der Waals surface area contributed by atoms with Gasteiger partial charge in [-0.1, -0.05) is 85.8 Å². The second-order valence-electron chi connectivity index (χ2n) is 10.6. The zero-order valence-electron chi connectivity index (χ0n) is 24.0. The first-order valence-corrected chi connectivity index (χ1v) is 14.3. The molecule has 6 rings (SSSR count). The molecule has 0 fully saturated rings. The number of carbonyl (C=O) groups is 1. The van der Waals surface area contributed by atoms with Crippen molar-refractivity contribution in [2.45, 2.75) is 46.2 Å². The Morgan fingerprint density at radius 1 is 0.952 bits per heavy atom. The Labute approximate surface area is 244 Å². The van der Waals surface area contributed by atoms with Crippen LogP contribution in [0, 0.1) is 6.92 Å². The van der Waals surface area contributed by atoms with Crippen LogP contribution in [0.3, 0.4) is 0 Å². The van der Waals surface area contributed by atoms with Crippen molar-refractivity contribution in [1.29, 1.82) is 0 Å². The summed E-state index contributed by atoms with van der Waals surface area (Å²) in [5, 5.41) is 17.8. The Morgan fingerprint density at radius 2 is 1.69 bits per heavy atom. The molecule has 0 radical (unpaired) electrons. The van der Waals surface area contributed by atoms with E-state index >= 15 is 0 Å². The number of fused-ring (bicyclic) bond motifs is 1. The highest BCUT2D eigenvalue weighted by Gasteiger charge is 2.18. The number of rotatable bonds is 9. The highest BCUT2D eigenvalue weighted by atomic mass is 16.1. The molecule has 42 heavy (non-hydrogen) atoms. The summed E-state index contributed by atoms with van der Waals surface area (Å²) < 4.78 is 2.26. The fraction of sp³-hybridized carbons (Fsp3) is 0.206. The van der Waals surface area contributed by atoms with Crippen LogP contribution < -0.4 is 5.32 Å². The summed E-state index contributed by atoms with van der Waals surface area (Å²) in [5.41, 5.74) is 8.81. The highest BCUT2D eigenvalue weighted by molar-refractivity contribution is 5.98. The molecule has 8 nitrogen and oxygen atoms in total. The average Bonchev–Trinajstić information content (AvgIpc) is 3.67. The number of carbonyl (C=O) groups excluding carboxylic acids is 1. The Hall–Kier alpha value is -5.11. The van der Waals surface area contributed by atoms with Crippen molar-refractivity contribution in [3.8, 4) is 22.5 Å². The van der Waals surface area contributed by atoms with Gasteiger partial charge in [-0.2, -0.15) is 5.21 Å². The van der Waals surface area contributed by atoms with Crippen molar-refractivity contribution in [2.75, 3.05) is 0 Å². The molecule has 8 heteroatoms. The number of nitrogens with zero attached hydrogens (tertiary/aromatic N) is 5. The van der Waals surface area contributed by atoms with Gasteiger partial charge < -0.3 is 9.88 Å². The van der Waals surface area contributed by atoms with Gasteiger partial charge in [0.05, 0.1) is 17.1 Å². The molecule has 6 aromatic rings. The molecule has 4 aromatic carbocycles. The van der Waals surface area contributed by atoms with Gasteiger partial charge in [0.1, 0.15) is 5.82 Å². The van der Waals surface area contributed by atoms with Crippen LogP contribution in [0.1, 0.15) is 59.2 Å². The normalized spacial score (nSPS) is 12.0. The average molecular weight is 556 g/mol. The molecule has 0 saturated heterocycles. The minimum atomic E-state index is -0.0982. The van der Waals surface area contributed by atoms with Gasteiger partial charge in [0.15, 0.2) is 0 Å². The van der Waals surface area contributed by atoms with E-state index in [-0.39, 0.29) is 11.9 Å². The van der Waals surface area contributed by atoms with Crippen LogP contribution in [-0.4, -0.2) is 36.1 Å². The van der Waals surface area contributed by atoms with Gasteiger partial charge in [0, 0.05) is 24.1 Å². The fourth-order valence-electron chi connectivity index (χ4n) is 5.45. The van der Waals surface area contributed by atoms with E-state index in [0.29, 0.717) is 17.9 Å². The van der Waals surface area contributed by atoms with Crippen LogP contribution in [-0.2, 0) is 13.0 Å². The van der Waals surface area contributed by atoms with Crippen molar-refractivity contribution < 1.29 is 4.79 Å². The van der Waals surface area contributed by atoms with Gasteiger partial charge >= 0.3 is 0 Å². The Kier molecular flexibility index (Phi) is 7.60. The first kappa shape index (κ1) is 27.1. The number of amides is 1. The van der Waals surface area contributed by atoms with Gasteiger partial charge in [-0.05, 0) is 65.4 Å². The predicted octanol–water partition coefficient (Wildman–Crippen LogP) is 6.68. The Bertz CT molecular complexity index is 1820. The Balaban J connectivity index is 1.31. The van der Waals surface area contributed by atoms with E-state index in [4.69, 9.17) is 4.98 Å². The second kappa shape index (κ2) is 11.8. The summed E-state index contributed by atoms with van der Waals surface area (Å²) in [6.45, 7) is 6.86. The summed E-state index contributed by atoms with van der Waals surface area (Å²) in [5.74, 6) is 1.50. The number of benzene rings is 4. The quantitative estimate of drug-likeness (QED) is 0.207. The van der Waals surface area contributed by atoms with Crippen LogP contribution in [0.5, 0.6) is 0 Å². The molecule has 0 bridgehead atoms. The smallest absolute Gasteiger partial charge is 0.251 e. The van der Waals surface area contributed by atoms with Gasteiger partial charge in [0.2, 0.25) is 5.82 Å². The number of aryl methyl sites for hydroxylation is 2. The van der Waals surface area contributed by atoms with Crippen LogP contribution in [0.15, 0.2) is 91.0 Å². The minimum Gasteiger partial charge on any atom is -0.346 e. The topological polar surface area (TPSA) is 101 Å². The van der Waals surface area contributed by atoms with E-state index < -0.39 is 0 Å².